The van der Waals surface area contributed by atoms with E-state index in [0.717, 1.165) is 65.8 Å². The maximum absolute atomic E-state index is 12.5. The molecule has 0 atom stereocenters. The highest BCUT2D eigenvalue weighted by Crippen LogP contribution is 2.39. The summed E-state index contributed by atoms with van der Waals surface area (Å²) >= 11 is 0. The van der Waals surface area contributed by atoms with Crippen molar-refractivity contribution >= 4 is 28.4 Å². The number of fused-ring (bicyclic) bond motifs is 1. The molecule has 2 aromatic heterocycles. The number of nitrogens with two attached hydrogens (primary N) is 1. The minimum absolute atomic E-state index is 0.0121. The van der Waals surface area contributed by atoms with E-state index in [-0.39, 0.29) is 5.91 Å². The lowest BCUT2D eigenvalue weighted by Crippen LogP contribution is -2.49. The van der Waals surface area contributed by atoms with E-state index in [9.17, 15) is 4.79 Å². The number of amides is 1. The summed E-state index contributed by atoms with van der Waals surface area (Å²) in [5.74, 6) is 0.515. The highest BCUT2D eigenvalue weighted by atomic mass is 16.1. The number of rotatable bonds is 7. The van der Waals surface area contributed by atoms with Crippen LogP contribution in [0.1, 0.15) is 43.7 Å². The predicted octanol–water partition coefficient (Wildman–Crippen LogP) is 4.98. The number of carbonyl (C=O) groups is 1. The minimum Gasteiger partial charge on any atom is -0.383 e. The smallest absolute Gasteiger partial charge is 0.224 e. The van der Waals surface area contributed by atoms with Gasteiger partial charge in [0, 0.05) is 62.1 Å². The van der Waals surface area contributed by atoms with Gasteiger partial charge < -0.3 is 20.5 Å². The van der Waals surface area contributed by atoms with Crippen LogP contribution in [0.5, 0.6) is 0 Å². The Kier molecular flexibility index (Phi) is 7.80. The number of benzene rings is 2. The highest BCUT2D eigenvalue weighted by molar-refractivity contribution is 6.01. The fourth-order valence-corrected chi connectivity index (χ4v) is 6.35. The Bertz CT molecular complexity index is 1430. The molecule has 3 heterocycles. The first-order valence-corrected chi connectivity index (χ1v) is 14.5. The lowest BCUT2D eigenvalue weighted by molar-refractivity contribution is -0.116. The summed E-state index contributed by atoms with van der Waals surface area (Å²) in [6.07, 6.45) is 9.65. The third-order valence-electron chi connectivity index (χ3n) is 8.72. The van der Waals surface area contributed by atoms with Crippen molar-refractivity contribution in [3.05, 3.63) is 72.7 Å². The fraction of sp³-hybridized carbons (Fsp3) is 0.406. The number of piperazine rings is 1. The number of aryl methyl sites for hydroxylation is 1. The molecule has 208 valence electrons. The van der Waals surface area contributed by atoms with Crippen LogP contribution in [0.15, 0.2) is 67.1 Å². The molecule has 1 aliphatic carbocycles. The van der Waals surface area contributed by atoms with Gasteiger partial charge in [-0.2, -0.15) is 0 Å². The molecular weight excluding hydrogens is 498 g/mol. The van der Waals surface area contributed by atoms with Crippen LogP contribution in [0.2, 0.25) is 0 Å². The molecule has 0 radical (unpaired) electrons. The van der Waals surface area contributed by atoms with Crippen molar-refractivity contribution in [2.75, 3.05) is 44.3 Å². The van der Waals surface area contributed by atoms with E-state index in [1.165, 1.54) is 25.9 Å². The number of hydrogen-bond donors (Lipinski definition) is 2. The SMILES string of the molecule is CN1CCN(C2CCC(n3cc(-c4ccc(NC(=O)CCc5ccccc5)cc4)c4c(N)ncnc43)CC2)CC1. The zero-order chi connectivity index (χ0) is 27.5. The summed E-state index contributed by atoms with van der Waals surface area (Å²) in [6.45, 7) is 4.68. The molecule has 1 saturated heterocycles. The van der Waals surface area contributed by atoms with E-state index < -0.39 is 0 Å². The number of nitrogen functional groups attached to an aromatic ring is 1. The molecule has 2 fully saturated rings. The van der Waals surface area contributed by atoms with E-state index in [1.54, 1.807) is 6.33 Å². The van der Waals surface area contributed by atoms with Crippen molar-refractivity contribution in [2.45, 2.75) is 50.6 Å². The molecule has 2 aromatic carbocycles. The Morgan fingerprint density at radius 2 is 1.62 bits per heavy atom. The van der Waals surface area contributed by atoms with Crippen LogP contribution in [-0.4, -0.2) is 69.5 Å². The first kappa shape index (κ1) is 26.5. The van der Waals surface area contributed by atoms with Gasteiger partial charge in [0.05, 0.1) is 5.39 Å². The van der Waals surface area contributed by atoms with E-state index in [0.29, 0.717) is 24.3 Å². The molecule has 0 spiro atoms. The summed E-state index contributed by atoms with van der Waals surface area (Å²) in [5.41, 5.74) is 11.4. The van der Waals surface area contributed by atoms with Crippen LogP contribution < -0.4 is 11.1 Å². The lowest BCUT2D eigenvalue weighted by atomic mass is 9.89. The second-order valence-corrected chi connectivity index (χ2v) is 11.3. The highest BCUT2D eigenvalue weighted by Gasteiger charge is 2.30. The standard InChI is InChI=1S/C32H39N7O/c1-37-17-19-38(20-18-37)26-12-14-27(15-13-26)39-21-28(30-31(33)34-22-35-32(30)39)24-8-10-25(11-9-24)36-29(40)16-7-23-5-3-2-4-6-23/h2-6,8-11,21-22,26-27H,7,12-20H2,1H3,(H,36,40)(H2,33,34,35). The molecule has 8 heteroatoms. The number of anilines is 2. The third kappa shape index (κ3) is 5.74. The Morgan fingerprint density at radius 3 is 2.35 bits per heavy atom. The van der Waals surface area contributed by atoms with Gasteiger partial charge >= 0.3 is 0 Å². The Balaban J connectivity index is 1.15. The number of hydrogen-bond acceptors (Lipinski definition) is 6. The maximum Gasteiger partial charge on any atom is 0.224 e. The quantitative estimate of drug-likeness (QED) is 0.345. The third-order valence-corrected chi connectivity index (χ3v) is 8.72. The van der Waals surface area contributed by atoms with E-state index in [4.69, 9.17) is 5.73 Å². The van der Waals surface area contributed by atoms with Crippen molar-refractivity contribution in [1.29, 1.82) is 0 Å². The van der Waals surface area contributed by atoms with Crippen LogP contribution in [0.4, 0.5) is 11.5 Å². The molecule has 2 aliphatic rings. The molecule has 0 unspecified atom stereocenters. The van der Waals surface area contributed by atoms with Crippen molar-refractivity contribution in [3.63, 3.8) is 0 Å². The Morgan fingerprint density at radius 1 is 0.925 bits per heavy atom. The van der Waals surface area contributed by atoms with Gasteiger partial charge in [-0.1, -0.05) is 42.5 Å². The van der Waals surface area contributed by atoms with Gasteiger partial charge in [0.25, 0.3) is 0 Å². The topological polar surface area (TPSA) is 92.3 Å². The monoisotopic (exact) mass is 537 g/mol. The summed E-state index contributed by atoms with van der Waals surface area (Å²) in [5, 5.41) is 3.94. The zero-order valence-electron chi connectivity index (χ0n) is 23.3. The Hall–Kier alpha value is -3.75. The van der Waals surface area contributed by atoms with Gasteiger partial charge in [0.15, 0.2) is 0 Å². The van der Waals surface area contributed by atoms with Crippen LogP contribution >= 0.6 is 0 Å². The van der Waals surface area contributed by atoms with Crippen molar-refractivity contribution in [1.82, 2.24) is 24.3 Å². The molecule has 1 aliphatic heterocycles. The van der Waals surface area contributed by atoms with Crippen molar-refractivity contribution < 1.29 is 4.79 Å². The van der Waals surface area contributed by atoms with Crippen LogP contribution in [0.25, 0.3) is 22.2 Å². The predicted molar refractivity (Wildman–Crippen MR) is 161 cm³/mol. The Labute approximate surface area is 236 Å². The average Bonchev–Trinajstić information content (AvgIpc) is 3.39. The average molecular weight is 538 g/mol. The molecule has 8 nitrogen and oxygen atoms in total. The summed E-state index contributed by atoms with van der Waals surface area (Å²) in [7, 11) is 2.22. The van der Waals surface area contributed by atoms with E-state index in [2.05, 4.69) is 42.9 Å². The van der Waals surface area contributed by atoms with Gasteiger partial charge in [0.1, 0.15) is 17.8 Å². The van der Waals surface area contributed by atoms with Crippen molar-refractivity contribution in [3.8, 4) is 11.1 Å². The number of aromatic nitrogens is 3. The fourth-order valence-electron chi connectivity index (χ4n) is 6.35. The molecule has 4 aromatic rings. The molecule has 1 amide bonds. The van der Waals surface area contributed by atoms with Gasteiger partial charge in [0.2, 0.25) is 5.91 Å². The van der Waals surface area contributed by atoms with Gasteiger partial charge in [-0.3, -0.25) is 9.69 Å². The van der Waals surface area contributed by atoms with Crippen LogP contribution in [-0.2, 0) is 11.2 Å². The number of likely N-dealkylation sites (N-methyl/N-ethyl adjacent to an activating group) is 1. The van der Waals surface area contributed by atoms with Crippen LogP contribution in [0.3, 0.4) is 0 Å². The molecular formula is C32H39N7O. The molecule has 3 N–H and O–H groups in total. The lowest BCUT2D eigenvalue weighted by Gasteiger charge is -2.41. The number of nitrogens with zero attached hydrogens (tertiary/aromatic N) is 5. The van der Waals surface area contributed by atoms with Crippen LogP contribution in [0, 0.1) is 0 Å². The number of nitrogens with one attached hydrogen (secondary N) is 1. The second-order valence-electron chi connectivity index (χ2n) is 11.3. The molecule has 40 heavy (non-hydrogen) atoms. The van der Waals surface area contributed by atoms with Gasteiger partial charge in [-0.05, 0) is 62.4 Å². The summed E-state index contributed by atoms with van der Waals surface area (Å²) in [4.78, 5) is 26.6. The maximum atomic E-state index is 12.5. The van der Waals surface area contributed by atoms with E-state index >= 15 is 0 Å². The number of carbonyl (C=O) groups excluding carboxylic acids is 1. The summed E-state index contributed by atoms with van der Waals surface area (Å²) in [6, 6.07) is 19.2. The molecule has 1 saturated carbocycles. The van der Waals surface area contributed by atoms with Gasteiger partial charge in [-0.25, -0.2) is 9.97 Å². The second kappa shape index (κ2) is 11.8. The zero-order valence-corrected chi connectivity index (χ0v) is 23.3. The van der Waals surface area contributed by atoms with E-state index in [1.807, 2.05) is 54.6 Å². The summed E-state index contributed by atoms with van der Waals surface area (Å²) < 4.78 is 2.34. The first-order valence-electron chi connectivity index (χ1n) is 14.5. The molecule has 0 bridgehead atoms. The minimum atomic E-state index is 0.0121. The van der Waals surface area contributed by atoms with Crippen molar-refractivity contribution in [2.24, 2.45) is 0 Å². The van der Waals surface area contributed by atoms with Gasteiger partial charge in [-0.15, -0.1) is 0 Å². The molecule has 6 rings (SSSR count). The first-order chi connectivity index (χ1) is 19.5. The largest absolute Gasteiger partial charge is 0.383 e. The normalized spacial score (nSPS) is 20.5.